The summed E-state index contributed by atoms with van der Waals surface area (Å²) in [4.78, 5) is 0. The van der Waals surface area contributed by atoms with Crippen LogP contribution in [0, 0.1) is 5.92 Å². The molecule has 0 bridgehead atoms. The van der Waals surface area contributed by atoms with Gasteiger partial charge in [0.05, 0.1) is 13.2 Å². The van der Waals surface area contributed by atoms with Gasteiger partial charge in [-0.1, -0.05) is 6.07 Å². The number of ether oxygens (including phenoxy) is 2. The van der Waals surface area contributed by atoms with Crippen molar-refractivity contribution < 1.29 is 9.47 Å². The molecule has 0 radical (unpaired) electrons. The Morgan fingerprint density at radius 2 is 2.20 bits per heavy atom. The van der Waals surface area contributed by atoms with E-state index in [1.807, 2.05) is 0 Å². The molecule has 0 spiro atoms. The molecule has 0 N–H and O–H groups in total. The smallest absolute Gasteiger partial charge is 0.119 e. The Kier molecular flexibility index (Phi) is 2.17. The van der Waals surface area contributed by atoms with Crippen LogP contribution in [0.4, 0.5) is 0 Å². The first-order valence-corrected chi connectivity index (χ1v) is 5.64. The molecular weight excluding hydrogens is 188 g/mol. The van der Waals surface area contributed by atoms with E-state index in [1.165, 1.54) is 24.0 Å². The summed E-state index contributed by atoms with van der Waals surface area (Å²) in [7, 11) is 1.72. The lowest BCUT2D eigenvalue weighted by Gasteiger charge is -2.26. The van der Waals surface area contributed by atoms with E-state index >= 15 is 0 Å². The fraction of sp³-hybridized carbons (Fsp3) is 0.538. The monoisotopic (exact) mass is 204 g/mol. The maximum Gasteiger partial charge on any atom is 0.119 e. The van der Waals surface area contributed by atoms with Crippen molar-refractivity contribution >= 4 is 0 Å². The molecule has 1 aromatic rings. The molecule has 1 fully saturated rings. The molecule has 0 unspecified atom stereocenters. The highest BCUT2D eigenvalue weighted by Gasteiger charge is 2.33. The first-order chi connectivity index (χ1) is 7.36. The quantitative estimate of drug-likeness (QED) is 0.698. The highest BCUT2D eigenvalue weighted by molar-refractivity contribution is 5.38. The Morgan fingerprint density at radius 3 is 3.07 bits per heavy atom. The van der Waals surface area contributed by atoms with Gasteiger partial charge in [-0.05, 0) is 48.4 Å². The predicted octanol–water partition coefficient (Wildman–Crippen LogP) is 2.20. The van der Waals surface area contributed by atoms with Crippen molar-refractivity contribution in [1.82, 2.24) is 0 Å². The highest BCUT2D eigenvalue weighted by atomic mass is 16.5. The second-order valence-electron chi connectivity index (χ2n) is 4.50. The molecule has 2 atom stereocenters. The van der Waals surface area contributed by atoms with E-state index < -0.39 is 0 Å². The number of fused-ring (bicyclic) bond motifs is 2. The molecular formula is C13H16O2. The zero-order valence-corrected chi connectivity index (χ0v) is 9.03. The molecule has 15 heavy (non-hydrogen) atoms. The van der Waals surface area contributed by atoms with Crippen LogP contribution in [-0.4, -0.2) is 19.8 Å². The van der Waals surface area contributed by atoms with Crippen molar-refractivity contribution in [3.8, 4) is 5.75 Å². The number of benzene rings is 1. The van der Waals surface area contributed by atoms with Crippen LogP contribution in [0.25, 0.3) is 0 Å². The van der Waals surface area contributed by atoms with Gasteiger partial charge in [-0.25, -0.2) is 0 Å². The van der Waals surface area contributed by atoms with Crippen LogP contribution in [0.2, 0.25) is 0 Å². The molecule has 1 aromatic carbocycles. The third kappa shape index (κ3) is 1.53. The molecule has 80 valence electrons. The maximum absolute atomic E-state index is 5.75. The van der Waals surface area contributed by atoms with Gasteiger partial charge >= 0.3 is 0 Å². The fourth-order valence-electron chi connectivity index (χ4n) is 2.77. The summed E-state index contributed by atoms with van der Waals surface area (Å²) in [5, 5.41) is 0. The second-order valence-corrected chi connectivity index (χ2v) is 4.50. The van der Waals surface area contributed by atoms with Crippen molar-refractivity contribution in [2.75, 3.05) is 13.7 Å². The molecule has 1 aliphatic heterocycles. The van der Waals surface area contributed by atoms with Crippen LogP contribution in [0.3, 0.4) is 0 Å². The molecule has 1 aliphatic carbocycles. The maximum atomic E-state index is 5.75. The lowest BCUT2D eigenvalue weighted by Crippen LogP contribution is -2.26. The van der Waals surface area contributed by atoms with Gasteiger partial charge in [0.2, 0.25) is 0 Å². The van der Waals surface area contributed by atoms with Crippen molar-refractivity contribution in [2.45, 2.75) is 25.4 Å². The molecule has 1 saturated heterocycles. The van der Waals surface area contributed by atoms with Crippen molar-refractivity contribution in [3.63, 3.8) is 0 Å². The van der Waals surface area contributed by atoms with Crippen LogP contribution < -0.4 is 4.74 Å². The Morgan fingerprint density at radius 1 is 1.27 bits per heavy atom. The summed E-state index contributed by atoms with van der Waals surface area (Å²) in [5.74, 6) is 1.72. The van der Waals surface area contributed by atoms with Crippen LogP contribution in [0.1, 0.15) is 17.5 Å². The number of rotatable bonds is 1. The van der Waals surface area contributed by atoms with Gasteiger partial charge in [-0.3, -0.25) is 0 Å². The van der Waals surface area contributed by atoms with E-state index in [1.54, 1.807) is 7.11 Å². The van der Waals surface area contributed by atoms with Gasteiger partial charge in [-0.2, -0.15) is 0 Å². The number of methoxy groups -OCH3 is 1. The minimum Gasteiger partial charge on any atom is -0.497 e. The lowest BCUT2D eigenvalue weighted by molar-refractivity contribution is 0.0862. The normalized spacial score (nSPS) is 28.3. The standard InChI is InChI=1S/C13H16O2/c1-14-12-3-2-9-6-10-4-5-15-13(10)8-11(9)7-12/h2-3,7,10,13H,4-6,8H2,1H3/t10-,13-/m1/s1. The number of hydrogen-bond donors (Lipinski definition) is 0. The molecule has 2 aliphatic rings. The largest absolute Gasteiger partial charge is 0.497 e. The molecule has 2 heteroatoms. The van der Waals surface area contributed by atoms with E-state index in [2.05, 4.69) is 18.2 Å². The van der Waals surface area contributed by atoms with Crippen LogP contribution in [0.5, 0.6) is 5.75 Å². The second kappa shape index (κ2) is 3.53. The summed E-state index contributed by atoms with van der Waals surface area (Å²) < 4.78 is 11.0. The molecule has 1 heterocycles. The third-order valence-electron chi connectivity index (χ3n) is 3.66. The molecule has 3 rings (SSSR count). The summed E-state index contributed by atoms with van der Waals surface area (Å²) in [6.45, 7) is 0.945. The van der Waals surface area contributed by atoms with Crippen LogP contribution in [0.15, 0.2) is 18.2 Å². The van der Waals surface area contributed by atoms with Crippen LogP contribution in [-0.2, 0) is 17.6 Å². The van der Waals surface area contributed by atoms with Crippen LogP contribution >= 0.6 is 0 Å². The van der Waals surface area contributed by atoms with Gasteiger partial charge in [0.1, 0.15) is 5.75 Å². The van der Waals surface area contributed by atoms with Gasteiger partial charge < -0.3 is 9.47 Å². The van der Waals surface area contributed by atoms with Gasteiger partial charge in [0.15, 0.2) is 0 Å². The molecule has 2 nitrogen and oxygen atoms in total. The average Bonchev–Trinajstić information content (AvgIpc) is 2.72. The van der Waals surface area contributed by atoms with E-state index in [0.717, 1.165) is 24.7 Å². The Balaban J connectivity index is 1.93. The first kappa shape index (κ1) is 9.22. The predicted molar refractivity (Wildman–Crippen MR) is 58.2 cm³/mol. The number of hydrogen-bond acceptors (Lipinski definition) is 2. The Hall–Kier alpha value is -1.02. The minimum absolute atomic E-state index is 0.463. The SMILES string of the molecule is COc1ccc2c(c1)C[C@H]1OCC[C@@H]1C2. The topological polar surface area (TPSA) is 18.5 Å². The van der Waals surface area contributed by atoms with Gasteiger partial charge in [0.25, 0.3) is 0 Å². The Bertz CT molecular complexity index is 373. The van der Waals surface area contributed by atoms with Crippen molar-refractivity contribution in [2.24, 2.45) is 5.92 Å². The molecule has 0 amide bonds. The van der Waals surface area contributed by atoms with E-state index in [9.17, 15) is 0 Å². The summed E-state index contributed by atoms with van der Waals surface area (Å²) in [6, 6.07) is 6.44. The van der Waals surface area contributed by atoms with Gasteiger partial charge in [-0.15, -0.1) is 0 Å². The van der Waals surface area contributed by atoms with Gasteiger partial charge in [0, 0.05) is 6.61 Å². The summed E-state index contributed by atoms with van der Waals surface area (Å²) in [5.41, 5.74) is 2.90. The Labute approximate surface area is 90.2 Å². The van der Waals surface area contributed by atoms with E-state index in [0.29, 0.717) is 6.10 Å². The summed E-state index contributed by atoms with van der Waals surface area (Å²) >= 11 is 0. The van der Waals surface area contributed by atoms with Crippen molar-refractivity contribution in [3.05, 3.63) is 29.3 Å². The summed E-state index contributed by atoms with van der Waals surface area (Å²) in [6.07, 6.45) is 3.95. The molecule has 0 saturated carbocycles. The average molecular weight is 204 g/mol. The zero-order valence-electron chi connectivity index (χ0n) is 9.03. The first-order valence-electron chi connectivity index (χ1n) is 5.64. The fourth-order valence-corrected chi connectivity index (χ4v) is 2.77. The third-order valence-corrected chi connectivity index (χ3v) is 3.66. The van der Waals surface area contributed by atoms with E-state index in [-0.39, 0.29) is 0 Å². The lowest BCUT2D eigenvalue weighted by atomic mass is 9.81. The van der Waals surface area contributed by atoms with Crippen molar-refractivity contribution in [1.29, 1.82) is 0 Å². The molecule has 0 aromatic heterocycles. The minimum atomic E-state index is 0.463. The zero-order chi connectivity index (χ0) is 10.3. The van der Waals surface area contributed by atoms with E-state index in [4.69, 9.17) is 9.47 Å². The highest BCUT2D eigenvalue weighted by Crippen LogP contribution is 2.35.